The van der Waals surface area contributed by atoms with E-state index in [1.165, 1.54) is 4.90 Å². The third-order valence-corrected chi connectivity index (χ3v) is 4.65. The predicted molar refractivity (Wildman–Crippen MR) is 96.0 cm³/mol. The van der Waals surface area contributed by atoms with Gasteiger partial charge in [0.15, 0.2) is 11.5 Å². The Balaban J connectivity index is 2.07. The Bertz CT molecular complexity index is 828. The Morgan fingerprint density at radius 3 is 2.62 bits per heavy atom. The molecule has 1 amide bonds. The molecule has 0 saturated heterocycles. The SMILES string of the molecule is COc1ccc(-c2nnc(SCC(=O)N(C)C(C)(C)C#N)o2)cc1OC. The van der Waals surface area contributed by atoms with Gasteiger partial charge in [0.25, 0.3) is 5.22 Å². The lowest BCUT2D eigenvalue weighted by molar-refractivity contribution is -0.130. The van der Waals surface area contributed by atoms with Gasteiger partial charge in [-0.2, -0.15) is 5.26 Å². The van der Waals surface area contributed by atoms with Gasteiger partial charge in [0.2, 0.25) is 11.8 Å². The van der Waals surface area contributed by atoms with E-state index in [-0.39, 0.29) is 16.9 Å². The second kappa shape index (κ2) is 8.10. The van der Waals surface area contributed by atoms with E-state index in [1.807, 2.05) is 0 Å². The number of methoxy groups -OCH3 is 2. The highest BCUT2D eigenvalue weighted by Crippen LogP contribution is 2.32. The van der Waals surface area contributed by atoms with Crippen molar-refractivity contribution in [1.82, 2.24) is 15.1 Å². The first-order valence-electron chi connectivity index (χ1n) is 7.69. The fourth-order valence-corrected chi connectivity index (χ4v) is 2.64. The van der Waals surface area contributed by atoms with Crippen LogP contribution in [-0.4, -0.2) is 53.6 Å². The molecule has 9 heteroatoms. The van der Waals surface area contributed by atoms with Crippen molar-refractivity contribution in [1.29, 1.82) is 5.26 Å². The number of thioether (sulfide) groups is 1. The van der Waals surface area contributed by atoms with Crippen molar-refractivity contribution in [2.24, 2.45) is 0 Å². The topological polar surface area (TPSA) is 101 Å². The number of carbonyl (C=O) groups is 1. The second-order valence-corrected chi connectivity index (χ2v) is 6.78. The molecule has 0 atom stereocenters. The quantitative estimate of drug-likeness (QED) is 0.680. The molecule has 0 aliphatic heterocycles. The summed E-state index contributed by atoms with van der Waals surface area (Å²) < 4.78 is 16.0. The van der Waals surface area contributed by atoms with Crippen LogP contribution in [-0.2, 0) is 4.79 Å². The van der Waals surface area contributed by atoms with E-state index in [1.54, 1.807) is 53.3 Å². The molecule has 0 fully saturated rings. The van der Waals surface area contributed by atoms with Gasteiger partial charge in [0.05, 0.1) is 26.0 Å². The third-order valence-electron chi connectivity index (χ3n) is 3.84. The van der Waals surface area contributed by atoms with Gasteiger partial charge >= 0.3 is 0 Å². The van der Waals surface area contributed by atoms with E-state index in [4.69, 9.17) is 19.2 Å². The molecule has 1 heterocycles. The molecule has 0 spiro atoms. The van der Waals surface area contributed by atoms with Gasteiger partial charge in [-0.25, -0.2) is 0 Å². The summed E-state index contributed by atoms with van der Waals surface area (Å²) in [4.78, 5) is 13.6. The van der Waals surface area contributed by atoms with E-state index < -0.39 is 5.54 Å². The maximum atomic E-state index is 12.2. The van der Waals surface area contributed by atoms with Crippen LogP contribution in [0.15, 0.2) is 27.8 Å². The normalized spacial score (nSPS) is 10.9. The number of aromatic nitrogens is 2. The fourth-order valence-electron chi connectivity index (χ4n) is 1.96. The molecular formula is C17H20N4O4S. The largest absolute Gasteiger partial charge is 0.493 e. The zero-order valence-electron chi connectivity index (χ0n) is 15.3. The standard InChI is InChI=1S/C17H20N4O4S/c1-17(2,10-18)21(3)14(22)9-26-16-20-19-15(25-16)11-6-7-12(23-4)13(8-11)24-5/h6-8H,9H2,1-5H3. The van der Waals surface area contributed by atoms with Gasteiger partial charge in [-0.1, -0.05) is 11.8 Å². The van der Waals surface area contributed by atoms with Crippen molar-refractivity contribution in [3.63, 3.8) is 0 Å². The van der Waals surface area contributed by atoms with Gasteiger partial charge in [-0.15, -0.1) is 10.2 Å². The first-order valence-corrected chi connectivity index (χ1v) is 8.67. The van der Waals surface area contributed by atoms with E-state index >= 15 is 0 Å². The minimum atomic E-state index is -0.878. The molecule has 2 rings (SSSR count). The molecule has 138 valence electrons. The van der Waals surface area contributed by atoms with E-state index in [0.717, 1.165) is 11.8 Å². The first-order chi connectivity index (χ1) is 12.3. The summed E-state index contributed by atoms with van der Waals surface area (Å²) in [5, 5.41) is 17.3. The van der Waals surface area contributed by atoms with Crippen LogP contribution in [0.1, 0.15) is 13.8 Å². The number of benzene rings is 1. The van der Waals surface area contributed by atoms with Crippen molar-refractivity contribution in [2.75, 3.05) is 27.0 Å². The molecule has 0 N–H and O–H groups in total. The molecule has 0 saturated carbocycles. The summed E-state index contributed by atoms with van der Waals surface area (Å²) in [7, 11) is 4.69. The summed E-state index contributed by atoms with van der Waals surface area (Å²) in [6.45, 7) is 3.36. The van der Waals surface area contributed by atoms with Crippen molar-refractivity contribution in [3.05, 3.63) is 18.2 Å². The highest BCUT2D eigenvalue weighted by Gasteiger charge is 2.27. The lowest BCUT2D eigenvalue weighted by Crippen LogP contribution is -2.44. The zero-order chi connectivity index (χ0) is 19.3. The lowest BCUT2D eigenvalue weighted by atomic mass is 10.1. The van der Waals surface area contributed by atoms with E-state index in [9.17, 15) is 4.79 Å². The van der Waals surface area contributed by atoms with E-state index in [0.29, 0.717) is 23.0 Å². The number of amides is 1. The van der Waals surface area contributed by atoms with Crippen LogP contribution in [0.4, 0.5) is 0 Å². The van der Waals surface area contributed by atoms with E-state index in [2.05, 4.69) is 16.3 Å². The molecule has 1 aromatic carbocycles. The summed E-state index contributed by atoms with van der Waals surface area (Å²) in [6, 6.07) is 7.34. The highest BCUT2D eigenvalue weighted by atomic mass is 32.2. The first kappa shape index (κ1) is 19.6. The van der Waals surface area contributed by atoms with Crippen molar-refractivity contribution >= 4 is 17.7 Å². The average molecular weight is 376 g/mol. The van der Waals surface area contributed by atoms with Crippen molar-refractivity contribution < 1.29 is 18.7 Å². The number of rotatable bonds is 7. The maximum Gasteiger partial charge on any atom is 0.277 e. The lowest BCUT2D eigenvalue weighted by Gasteiger charge is -2.28. The average Bonchev–Trinajstić information content (AvgIpc) is 3.13. The van der Waals surface area contributed by atoms with Crippen LogP contribution in [0, 0.1) is 11.3 Å². The number of carbonyl (C=O) groups excluding carboxylic acids is 1. The Labute approximate surface area is 156 Å². The van der Waals surface area contributed by atoms with Crippen molar-refractivity contribution in [2.45, 2.75) is 24.6 Å². The predicted octanol–water partition coefficient (Wildman–Crippen LogP) is 2.61. The molecule has 26 heavy (non-hydrogen) atoms. The smallest absolute Gasteiger partial charge is 0.277 e. The Morgan fingerprint density at radius 1 is 1.31 bits per heavy atom. The van der Waals surface area contributed by atoms with Gasteiger partial charge in [-0.05, 0) is 32.0 Å². The van der Waals surface area contributed by atoms with Gasteiger partial charge < -0.3 is 18.8 Å². The zero-order valence-corrected chi connectivity index (χ0v) is 16.1. The minimum Gasteiger partial charge on any atom is -0.493 e. The Kier molecular flexibility index (Phi) is 6.10. The van der Waals surface area contributed by atoms with Gasteiger partial charge in [-0.3, -0.25) is 4.79 Å². The number of ether oxygens (including phenoxy) is 2. The molecule has 0 unspecified atom stereocenters. The molecule has 0 bridgehead atoms. The van der Waals surface area contributed by atoms with Crippen LogP contribution in [0.3, 0.4) is 0 Å². The maximum absolute atomic E-state index is 12.2. The number of nitriles is 1. The monoisotopic (exact) mass is 376 g/mol. The summed E-state index contributed by atoms with van der Waals surface area (Å²) in [5.41, 5.74) is -0.201. The number of hydrogen-bond acceptors (Lipinski definition) is 8. The summed E-state index contributed by atoms with van der Waals surface area (Å²) >= 11 is 1.12. The molecule has 0 aliphatic rings. The molecule has 8 nitrogen and oxygen atoms in total. The molecule has 2 aromatic rings. The van der Waals surface area contributed by atoms with Crippen LogP contribution in [0.5, 0.6) is 11.5 Å². The summed E-state index contributed by atoms with van der Waals surface area (Å²) in [5.74, 6) is 1.35. The Hall–Kier alpha value is -2.73. The van der Waals surface area contributed by atoms with Crippen LogP contribution in [0.25, 0.3) is 11.5 Å². The van der Waals surface area contributed by atoms with Gasteiger partial charge in [0.1, 0.15) is 5.54 Å². The van der Waals surface area contributed by atoms with Crippen LogP contribution < -0.4 is 9.47 Å². The molecule has 0 radical (unpaired) electrons. The molecule has 1 aromatic heterocycles. The van der Waals surface area contributed by atoms with Gasteiger partial charge in [0, 0.05) is 12.6 Å². The third kappa shape index (κ3) is 4.26. The molecular weight excluding hydrogens is 356 g/mol. The molecule has 0 aliphatic carbocycles. The number of hydrogen-bond donors (Lipinski definition) is 0. The summed E-state index contributed by atoms with van der Waals surface area (Å²) in [6.07, 6.45) is 0. The minimum absolute atomic E-state index is 0.0924. The highest BCUT2D eigenvalue weighted by molar-refractivity contribution is 7.99. The van der Waals surface area contributed by atoms with Crippen LogP contribution in [0.2, 0.25) is 0 Å². The fraction of sp³-hybridized carbons (Fsp3) is 0.412. The Morgan fingerprint density at radius 2 is 2.00 bits per heavy atom. The van der Waals surface area contributed by atoms with Crippen molar-refractivity contribution in [3.8, 4) is 29.0 Å². The number of nitrogens with zero attached hydrogens (tertiary/aromatic N) is 4. The van der Waals surface area contributed by atoms with Crippen LogP contribution >= 0.6 is 11.8 Å². The second-order valence-electron chi connectivity index (χ2n) is 5.86.